The zero-order chi connectivity index (χ0) is 13.9. The van der Waals surface area contributed by atoms with Gasteiger partial charge in [0.15, 0.2) is 0 Å². The summed E-state index contributed by atoms with van der Waals surface area (Å²) in [7, 11) is -3.41. The van der Waals surface area contributed by atoms with Gasteiger partial charge in [-0.2, -0.15) is 4.31 Å². The van der Waals surface area contributed by atoms with Crippen LogP contribution >= 0.6 is 15.9 Å². The maximum Gasteiger partial charge on any atom is 0.243 e. The highest BCUT2D eigenvalue weighted by atomic mass is 79.9. The van der Waals surface area contributed by atoms with Crippen molar-refractivity contribution < 1.29 is 8.42 Å². The fourth-order valence-electron chi connectivity index (χ4n) is 1.90. The predicted molar refractivity (Wildman–Crippen MR) is 78.2 cm³/mol. The Kier molecular flexibility index (Phi) is 5.37. The van der Waals surface area contributed by atoms with Crippen LogP contribution in [-0.2, 0) is 10.0 Å². The Morgan fingerprint density at radius 2 is 1.94 bits per heavy atom. The second-order valence-corrected chi connectivity index (χ2v) is 7.15. The van der Waals surface area contributed by atoms with Crippen molar-refractivity contribution in [3.8, 4) is 0 Å². The number of sulfonamides is 1. The summed E-state index contributed by atoms with van der Waals surface area (Å²) in [6, 6.07) is 5.36. The lowest BCUT2D eigenvalue weighted by atomic mass is 10.2. The number of aryl methyl sites for hydroxylation is 1. The van der Waals surface area contributed by atoms with Crippen molar-refractivity contribution in [1.82, 2.24) is 4.31 Å². The molecule has 1 rings (SSSR count). The molecule has 0 bridgehead atoms. The highest BCUT2D eigenvalue weighted by Gasteiger charge is 2.28. The van der Waals surface area contributed by atoms with E-state index in [2.05, 4.69) is 15.9 Å². The molecule has 0 aliphatic heterocycles. The maximum absolute atomic E-state index is 12.6. The van der Waals surface area contributed by atoms with E-state index in [1.54, 1.807) is 10.4 Å². The average molecular weight is 334 g/mol. The predicted octanol–water partition coefficient (Wildman–Crippen LogP) is 3.57. The summed E-state index contributed by atoms with van der Waals surface area (Å²) < 4.78 is 27.6. The van der Waals surface area contributed by atoms with E-state index in [1.165, 1.54) is 0 Å². The fraction of sp³-hybridized carbons (Fsp3) is 0.538. The third kappa shape index (κ3) is 3.13. The van der Waals surface area contributed by atoms with Crippen molar-refractivity contribution in [2.75, 3.05) is 6.54 Å². The molecule has 5 heteroatoms. The molecule has 0 aliphatic carbocycles. The van der Waals surface area contributed by atoms with Crippen LogP contribution in [0.1, 0.15) is 32.8 Å². The van der Waals surface area contributed by atoms with Crippen molar-refractivity contribution in [1.29, 1.82) is 0 Å². The standard InChI is InChI=1S/C13H20BrNO2S/c1-5-11(4)15(6-2)18(16,17)13-9-12(14)8-7-10(13)3/h7-9,11H,5-6H2,1-4H3. The van der Waals surface area contributed by atoms with Crippen molar-refractivity contribution in [3.63, 3.8) is 0 Å². The number of hydrogen-bond donors (Lipinski definition) is 0. The Balaban J connectivity index is 3.31. The number of hydrogen-bond acceptors (Lipinski definition) is 2. The first kappa shape index (κ1) is 15.7. The summed E-state index contributed by atoms with van der Waals surface area (Å²) in [6.45, 7) is 8.12. The van der Waals surface area contributed by atoms with E-state index >= 15 is 0 Å². The molecule has 0 saturated carbocycles. The normalized spacial score (nSPS) is 13.9. The highest BCUT2D eigenvalue weighted by molar-refractivity contribution is 9.10. The van der Waals surface area contributed by atoms with Crippen LogP contribution in [0.5, 0.6) is 0 Å². The summed E-state index contributed by atoms with van der Waals surface area (Å²) in [5, 5.41) is 0. The SMILES string of the molecule is CCC(C)N(CC)S(=O)(=O)c1cc(Br)ccc1C. The Bertz CT molecular complexity index is 514. The minimum atomic E-state index is -3.41. The molecule has 102 valence electrons. The molecule has 1 unspecified atom stereocenters. The Labute approximate surface area is 118 Å². The minimum Gasteiger partial charge on any atom is -0.207 e. The molecule has 0 N–H and O–H groups in total. The van der Waals surface area contributed by atoms with Crippen molar-refractivity contribution >= 4 is 26.0 Å². The molecule has 3 nitrogen and oxygen atoms in total. The van der Waals surface area contributed by atoms with Gasteiger partial charge in [0.05, 0.1) is 4.90 Å². The lowest BCUT2D eigenvalue weighted by Crippen LogP contribution is -2.38. The Morgan fingerprint density at radius 3 is 2.44 bits per heavy atom. The van der Waals surface area contributed by atoms with Gasteiger partial charge in [0.1, 0.15) is 0 Å². The zero-order valence-corrected chi connectivity index (χ0v) is 13.7. The van der Waals surface area contributed by atoms with Crippen LogP contribution in [0.25, 0.3) is 0 Å². The zero-order valence-electron chi connectivity index (χ0n) is 11.3. The van der Waals surface area contributed by atoms with Gasteiger partial charge in [0, 0.05) is 17.1 Å². The monoisotopic (exact) mass is 333 g/mol. The van der Waals surface area contributed by atoms with Crippen molar-refractivity contribution in [2.24, 2.45) is 0 Å². The molecule has 1 atom stereocenters. The van der Waals surface area contributed by atoms with E-state index in [9.17, 15) is 8.42 Å². The molecule has 1 aromatic carbocycles. The summed E-state index contributed by atoms with van der Waals surface area (Å²) in [6.07, 6.45) is 0.806. The van der Waals surface area contributed by atoms with Gasteiger partial charge in [0.25, 0.3) is 0 Å². The molecule has 0 aromatic heterocycles. The van der Waals surface area contributed by atoms with Crippen LogP contribution in [0.4, 0.5) is 0 Å². The first-order valence-corrected chi connectivity index (χ1v) is 8.35. The number of halogens is 1. The summed E-state index contributed by atoms with van der Waals surface area (Å²) in [5.41, 5.74) is 0.778. The van der Waals surface area contributed by atoms with Gasteiger partial charge in [0.2, 0.25) is 10.0 Å². The van der Waals surface area contributed by atoms with E-state index in [0.29, 0.717) is 11.4 Å². The molecule has 1 aromatic rings. The fourth-order valence-corrected chi connectivity index (χ4v) is 4.38. The molecule has 0 aliphatic rings. The van der Waals surface area contributed by atoms with E-state index in [-0.39, 0.29) is 6.04 Å². The summed E-state index contributed by atoms with van der Waals surface area (Å²) in [4.78, 5) is 0.388. The van der Waals surface area contributed by atoms with E-state index < -0.39 is 10.0 Å². The Hall–Kier alpha value is -0.390. The van der Waals surface area contributed by atoms with Crippen LogP contribution in [0, 0.1) is 6.92 Å². The van der Waals surface area contributed by atoms with Gasteiger partial charge < -0.3 is 0 Å². The molecule has 0 radical (unpaired) electrons. The molecule has 0 saturated heterocycles. The summed E-state index contributed by atoms with van der Waals surface area (Å²) >= 11 is 3.33. The number of benzene rings is 1. The third-order valence-corrected chi connectivity index (χ3v) is 5.86. The summed E-state index contributed by atoms with van der Waals surface area (Å²) in [5.74, 6) is 0. The van der Waals surface area contributed by atoms with E-state index in [1.807, 2.05) is 39.8 Å². The number of nitrogens with zero attached hydrogens (tertiary/aromatic N) is 1. The largest absolute Gasteiger partial charge is 0.243 e. The molecular weight excluding hydrogens is 314 g/mol. The van der Waals surface area contributed by atoms with Crippen LogP contribution < -0.4 is 0 Å². The van der Waals surface area contributed by atoms with Crippen LogP contribution in [0.15, 0.2) is 27.6 Å². The molecule has 0 spiro atoms. The van der Waals surface area contributed by atoms with Gasteiger partial charge in [-0.05, 0) is 38.0 Å². The van der Waals surface area contributed by atoms with Gasteiger partial charge in [-0.15, -0.1) is 0 Å². The second kappa shape index (κ2) is 6.17. The third-order valence-electron chi connectivity index (χ3n) is 3.13. The first-order valence-electron chi connectivity index (χ1n) is 6.12. The topological polar surface area (TPSA) is 37.4 Å². The van der Waals surface area contributed by atoms with Crippen LogP contribution in [0.2, 0.25) is 0 Å². The van der Waals surface area contributed by atoms with Gasteiger partial charge in [-0.1, -0.05) is 35.8 Å². The van der Waals surface area contributed by atoms with Crippen LogP contribution in [-0.4, -0.2) is 25.3 Å². The van der Waals surface area contributed by atoms with Gasteiger partial charge in [-0.25, -0.2) is 8.42 Å². The minimum absolute atomic E-state index is 0.0124. The van der Waals surface area contributed by atoms with E-state index in [4.69, 9.17) is 0 Å². The number of rotatable bonds is 5. The quantitative estimate of drug-likeness (QED) is 0.826. The van der Waals surface area contributed by atoms with E-state index in [0.717, 1.165) is 16.5 Å². The average Bonchev–Trinajstić information content (AvgIpc) is 2.32. The smallest absolute Gasteiger partial charge is 0.207 e. The van der Waals surface area contributed by atoms with Crippen molar-refractivity contribution in [2.45, 2.75) is 45.1 Å². The van der Waals surface area contributed by atoms with Crippen LogP contribution in [0.3, 0.4) is 0 Å². The van der Waals surface area contributed by atoms with Crippen molar-refractivity contribution in [3.05, 3.63) is 28.2 Å². The molecule has 0 heterocycles. The first-order chi connectivity index (χ1) is 8.34. The van der Waals surface area contributed by atoms with Gasteiger partial charge >= 0.3 is 0 Å². The Morgan fingerprint density at radius 1 is 1.33 bits per heavy atom. The molecule has 0 amide bonds. The highest BCUT2D eigenvalue weighted by Crippen LogP contribution is 2.25. The molecule has 18 heavy (non-hydrogen) atoms. The lowest BCUT2D eigenvalue weighted by Gasteiger charge is -2.27. The maximum atomic E-state index is 12.6. The molecular formula is C13H20BrNO2S. The lowest BCUT2D eigenvalue weighted by molar-refractivity contribution is 0.342. The second-order valence-electron chi connectivity index (χ2n) is 4.38. The van der Waals surface area contributed by atoms with Gasteiger partial charge in [-0.3, -0.25) is 0 Å². The molecule has 0 fully saturated rings.